The number of carbonyl (C=O) groups is 1. The maximum Gasteiger partial charge on any atom is 0.306 e. The molecule has 1 fully saturated rings. The fourth-order valence-electron chi connectivity index (χ4n) is 2.43. The van der Waals surface area contributed by atoms with E-state index in [4.69, 9.17) is 16.7 Å². The van der Waals surface area contributed by atoms with Crippen LogP contribution in [0.25, 0.3) is 0 Å². The van der Waals surface area contributed by atoms with E-state index < -0.39 is 5.97 Å². The molecule has 0 saturated carbocycles. The van der Waals surface area contributed by atoms with Crippen molar-refractivity contribution in [3.8, 4) is 0 Å². The van der Waals surface area contributed by atoms with Crippen LogP contribution in [0, 0.1) is 5.92 Å². The van der Waals surface area contributed by atoms with Gasteiger partial charge in [-0.2, -0.15) is 0 Å². The Morgan fingerprint density at radius 2 is 2.39 bits per heavy atom. The minimum atomic E-state index is -0.679. The third-order valence-electron chi connectivity index (χ3n) is 3.74. The monoisotopic (exact) mass is 271 g/mol. The van der Waals surface area contributed by atoms with Gasteiger partial charge in [0.05, 0.1) is 18.7 Å². The second-order valence-electron chi connectivity index (χ2n) is 4.94. The highest BCUT2D eigenvalue weighted by Crippen LogP contribution is 2.24. The summed E-state index contributed by atoms with van der Waals surface area (Å²) in [5.74, 6) is 0.0309. The van der Waals surface area contributed by atoms with Crippen molar-refractivity contribution in [1.29, 1.82) is 0 Å². The number of aromatic nitrogens is 2. The third-order valence-corrected chi connectivity index (χ3v) is 4.09. The molecule has 2 rings (SSSR count). The average molecular weight is 272 g/mol. The average Bonchev–Trinajstić information content (AvgIpc) is 2.63. The molecule has 1 aliphatic rings. The van der Waals surface area contributed by atoms with Crippen LogP contribution in [0.4, 0.5) is 0 Å². The second-order valence-corrected chi connectivity index (χ2v) is 5.32. The smallest absolute Gasteiger partial charge is 0.306 e. The molecule has 2 unspecified atom stereocenters. The molecule has 5 nitrogen and oxygen atoms in total. The molecule has 0 bridgehead atoms. The molecule has 1 aromatic heterocycles. The molecule has 0 aliphatic carbocycles. The number of rotatable bonds is 3. The maximum atomic E-state index is 11.0. The number of nitrogens with zero attached hydrogens (tertiary/aromatic N) is 3. The van der Waals surface area contributed by atoms with Gasteiger partial charge in [0, 0.05) is 13.1 Å². The summed E-state index contributed by atoms with van der Waals surface area (Å²) in [6.07, 6.45) is 3.05. The minimum absolute atomic E-state index is 0.207. The minimum Gasteiger partial charge on any atom is -0.481 e. The van der Waals surface area contributed by atoms with Crippen LogP contribution in [-0.2, 0) is 18.4 Å². The van der Waals surface area contributed by atoms with Gasteiger partial charge in [-0.15, -0.1) is 0 Å². The van der Waals surface area contributed by atoms with Crippen LogP contribution in [0.15, 0.2) is 6.20 Å². The van der Waals surface area contributed by atoms with Crippen LogP contribution < -0.4 is 0 Å². The molecule has 0 spiro atoms. The maximum absolute atomic E-state index is 11.0. The van der Waals surface area contributed by atoms with Gasteiger partial charge in [0.1, 0.15) is 11.0 Å². The largest absolute Gasteiger partial charge is 0.481 e. The number of aliphatic carboxylic acids is 1. The Morgan fingerprint density at radius 1 is 1.67 bits per heavy atom. The summed E-state index contributed by atoms with van der Waals surface area (Å²) >= 11 is 5.95. The number of carboxylic acid groups (broad SMARTS) is 1. The molecule has 2 atom stereocenters. The van der Waals surface area contributed by atoms with Gasteiger partial charge in [-0.05, 0) is 26.3 Å². The quantitative estimate of drug-likeness (QED) is 0.910. The normalized spacial score (nSPS) is 25.3. The molecule has 1 saturated heterocycles. The van der Waals surface area contributed by atoms with Crippen molar-refractivity contribution in [2.75, 3.05) is 6.54 Å². The summed E-state index contributed by atoms with van der Waals surface area (Å²) in [5.41, 5.74) is 0. The number of hydrogen-bond acceptors (Lipinski definition) is 3. The molecule has 18 heavy (non-hydrogen) atoms. The summed E-state index contributed by atoms with van der Waals surface area (Å²) in [6.45, 7) is 3.58. The number of likely N-dealkylation sites (tertiary alicyclic amines) is 1. The number of piperidine rings is 1. The first-order valence-electron chi connectivity index (χ1n) is 6.12. The van der Waals surface area contributed by atoms with Crippen molar-refractivity contribution in [3.63, 3.8) is 0 Å². The summed E-state index contributed by atoms with van der Waals surface area (Å²) < 4.78 is 1.86. The van der Waals surface area contributed by atoms with Gasteiger partial charge in [0.15, 0.2) is 0 Å². The Hall–Kier alpha value is -1.07. The number of carboxylic acids is 1. The molecule has 1 aromatic rings. The zero-order valence-electron chi connectivity index (χ0n) is 10.6. The predicted octanol–water partition coefficient (Wildman–Crippen LogP) is 1.76. The van der Waals surface area contributed by atoms with Crippen LogP contribution in [0.5, 0.6) is 0 Å². The highest BCUT2D eigenvalue weighted by molar-refractivity contribution is 6.29. The van der Waals surface area contributed by atoms with E-state index in [9.17, 15) is 4.79 Å². The zero-order valence-corrected chi connectivity index (χ0v) is 11.4. The SMILES string of the molecule is CC1CC(C(=O)O)CCN1Cc1ncc(Cl)n1C. The lowest BCUT2D eigenvalue weighted by Crippen LogP contribution is -2.42. The topological polar surface area (TPSA) is 58.4 Å². The van der Waals surface area contributed by atoms with Crippen molar-refractivity contribution < 1.29 is 9.90 Å². The molecule has 2 heterocycles. The highest BCUT2D eigenvalue weighted by Gasteiger charge is 2.30. The van der Waals surface area contributed by atoms with Crippen LogP contribution in [-0.4, -0.2) is 38.1 Å². The van der Waals surface area contributed by atoms with E-state index in [0.29, 0.717) is 18.0 Å². The van der Waals surface area contributed by atoms with Gasteiger partial charge in [0.25, 0.3) is 0 Å². The summed E-state index contributed by atoms with van der Waals surface area (Å²) in [4.78, 5) is 17.5. The van der Waals surface area contributed by atoms with Crippen molar-refractivity contribution in [2.24, 2.45) is 13.0 Å². The van der Waals surface area contributed by atoms with Gasteiger partial charge >= 0.3 is 5.97 Å². The fraction of sp³-hybridized carbons (Fsp3) is 0.667. The number of imidazole rings is 1. The van der Waals surface area contributed by atoms with Crippen molar-refractivity contribution in [2.45, 2.75) is 32.4 Å². The molecular weight excluding hydrogens is 254 g/mol. The molecule has 0 radical (unpaired) electrons. The first-order valence-corrected chi connectivity index (χ1v) is 6.49. The molecule has 1 N–H and O–H groups in total. The van der Waals surface area contributed by atoms with Gasteiger partial charge in [0.2, 0.25) is 0 Å². The Bertz CT molecular complexity index is 447. The summed E-state index contributed by atoms with van der Waals surface area (Å²) in [7, 11) is 1.89. The van der Waals surface area contributed by atoms with Crippen LogP contribution >= 0.6 is 11.6 Å². The first-order chi connectivity index (χ1) is 8.49. The van der Waals surface area contributed by atoms with Crippen molar-refractivity contribution >= 4 is 17.6 Å². The predicted molar refractivity (Wildman–Crippen MR) is 68.4 cm³/mol. The van der Waals surface area contributed by atoms with Crippen LogP contribution in [0.1, 0.15) is 25.6 Å². The summed E-state index contributed by atoms with van der Waals surface area (Å²) in [6, 6.07) is 0.260. The number of hydrogen-bond donors (Lipinski definition) is 1. The van der Waals surface area contributed by atoms with Crippen LogP contribution in [0.3, 0.4) is 0 Å². The van der Waals surface area contributed by atoms with E-state index in [0.717, 1.165) is 18.9 Å². The van der Waals surface area contributed by atoms with E-state index in [1.54, 1.807) is 6.20 Å². The Kier molecular flexibility index (Phi) is 3.92. The zero-order chi connectivity index (χ0) is 13.3. The van der Waals surface area contributed by atoms with Crippen molar-refractivity contribution in [1.82, 2.24) is 14.5 Å². The van der Waals surface area contributed by atoms with E-state index in [1.807, 2.05) is 11.6 Å². The Labute approximate surface area is 111 Å². The van der Waals surface area contributed by atoms with E-state index >= 15 is 0 Å². The molecule has 100 valence electrons. The van der Waals surface area contributed by atoms with Crippen molar-refractivity contribution in [3.05, 3.63) is 17.2 Å². The van der Waals surface area contributed by atoms with Gasteiger partial charge in [-0.3, -0.25) is 9.69 Å². The number of halogens is 1. The first kappa shape index (κ1) is 13.4. The fourth-order valence-corrected chi connectivity index (χ4v) is 2.58. The Balaban J connectivity index is 1.99. The highest BCUT2D eigenvalue weighted by atomic mass is 35.5. The lowest BCUT2D eigenvalue weighted by atomic mass is 9.92. The van der Waals surface area contributed by atoms with E-state index in [1.165, 1.54) is 0 Å². The second kappa shape index (κ2) is 5.28. The lowest BCUT2D eigenvalue weighted by Gasteiger charge is -2.35. The van der Waals surface area contributed by atoms with Gasteiger partial charge in [-0.1, -0.05) is 11.6 Å². The molecule has 0 amide bonds. The van der Waals surface area contributed by atoms with Gasteiger partial charge in [-0.25, -0.2) is 4.98 Å². The third kappa shape index (κ3) is 2.67. The van der Waals surface area contributed by atoms with E-state index in [2.05, 4.69) is 16.8 Å². The molecule has 6 heteroatoms. The summed E-state index contributed by atoms with van der Waals surface area (Å²) in [5, 5.41) is 9.65. The standard InChI is InChI=1S/C12H18ClN3O2/c1-8-5-9(12(17)18)3-4-16(8)7-11-14-6-10(13)15(11)2/h6,8-9H,3-5,7H2,1-2H3,(H,17,18). The molecule has 1 aliphatic heterocycles. The molecular formula is C12H18ClN3O2. The lowest BCUT2D eigenvalue weighted by molar-refractivity contribution is -0.144. The van der Waals surface area contributed by atoms with Crippen LogP contribution in [0.2, 0.25) is 5.15 Å². The Morgan fingerprint density at radius 3 is 2.89 bits per heavy atom. The van der Waals surface area contributed by atoms with E-state index in [-0.39, 0.29) is 12.0 Å². The molecule has 0 aromatic carbocycles. The van der Waals surface area contributed by atoms with Gasteiger partial charge < -0.3 is 9.67 Å².